The first kappa shape index (κ1) is 15.4. The SMILES string of the molecule is Cn1c(CN2CCC3(C2)OCc2ccccc23)cc(=O)n(C)c1=O. The third-order valence-electron chi connectivity index (χ3n) is 5.33. The third-order valence-corrected chi connectivity index (χ3v) is 5.33. The van der Waals surface area contributed by atoms with Crippen LogP contribution in [0.4, 0.5) is 0 Å². The average Bonchev–Trinajstić information content (AvgIpc) is 3.16. The van der Waals surface area contributed by atoms with Gasteiger partial charge in [-0.15, -0.1) is 0 Å². The summed E-state index contributed by atoms with van der Waals surface area (Å²) in [5.41, 5.74) is 2.50. The van der Waals surface area contributed by atoms with E-state index in [0.29, 0.717) is 13.2 Å². The molecule has 2 aliphatic rings. The molecule has 6 nitrogen and oxygen atoms in total. The Morgan fingerprint density at radius 2 is 1.96 bits per heavy atom. The molecule has 6 heteroatoms. The number of nitrogens with zero attached hydrogens (tertiary/aromatic N) is 3. The number of ether oxygens (including phenoxy) is 1. The highest BCUT2D eigenvalue weighted by atomic mass is 16.5. The summed E-state index contributed by atoms with van der Waals surface area (Å²) in [5, 5.41) is 0. The number of likely N-dealkylation sites (tertiary alicyclic amines) is 1. The van der Waals surface area contributed by atoms with Crippen molar-refractivity contribution in [3.05, 3.63) is 68.0 Å². The molecular weight excluding hydrogens is 306 g/mol. The van der Waals surface area contributed by atoms with Crippen molar-refractivity contribution in [1.29, 1.82) is 0 Å². The fraction of sp³-hybridized carbons (Fsp3) is 0.444. The molecule has 0 bridgehead atoms. The van der Waals surface area contributed by atoms with Crippen molar-refractivity contribution in [2.75, 3.05) is 13.1 Å². The lowest BCUT2D eigenvalue weighted by atomic mass is 9.92. The van der Waals surface area contributed by atoms with Gasteiger partial charge in [0.15, 0.2) is 0 Å². The van der Waals surface area contributed by atoms with Crippen LogP contribution < -0.4 is 11.2 Å². The smallest absolute Gasteiger partial charge is 0.330 e. The van der Waals surface area contributed by atoms with Crippen molar-refractivity contribution in [3.8, 4) is 0 Å². The van der Waals surface area contributed by atoms with Crippen LogP contribution in [-0.2, 0) is 37.6 Å². The van der Waals surface area contributed by atoms with Crippen LogP contribution in [0.1, 0.15) is 23.2 Å². The fourth-order valence-corrected chi connectivity index (χ4v) is 3.87. The van der Waals surface area contributed by atoms with Crippen LogP contribution in [0.3, 0.4) is 0 Å². The number of hydrogen-bond acceptors (Lipinski definition) is 4. The summed E-state index contributed by atoms with van der Waals surface area (Å²) in [6.45, 7) is 2.91. The monoisotopic (exact) mass is 327 g/mol. The molecule has 1 unspecified atom stereocenters. The van der Waals surface area contributed by atoms with Gasteiger partial charge in [0.05, 0.1) is 6.61 Å². The second kappa shape index (κ2) is 5.43. The van der Waals surface area contributed by atoms with Crippen LogP contribution in [0.15, 0.2) is 39.9 Å². The minimum atomic E-state index is -0.283. The standard InChI is InChI=1S/C18H21N3O3/c1-19-14(9-16(22)20(2)17(19)23)10-21-8-7-18(12-21)15-6-4-3-5-13(15)11-24-18/h3-6,9H,7-8,10-12H2,1-2H3. The van der Waals surface area contributed by atoms with Gasteiger partial charge >= 0.3 is 5.69 Å². The van der Waals surface area contributed by atoms with Crippen molar-refractivity contribution >= 4 is 0 Å². The van der Waals surface area contributed by atoms with Crippen LogP contribution in [0.2, 0.25) is 0 Å². The second-order valence-electron chi connectivity index (χ2n) is 6.78. The van der Waals surface area contributed by atoms with Crippen molar-refractivity contribution in [3.63, 3.8) is 0 Å². The lowest BCUT2D eigenvalue weighted by Gasteiger charge is -2.25. The van der Waals surface area contributed by atoms with Crippen molar-refractivity contribution in [2.24, 2.45) is 14.1 Å². The first-order chi connectivity index (χ1) is 11.5. The predicted octanol–water partition coefficient (Wildman–Crippen LogP) is 0.715. The van der Waals surface area contributed by atoms with Crippen LogP contribution in [0, 0.1) is 0 Å². The summed E-state index contributed by atoms with van der Waals surface area (Å²) in [6, 6.07) is 9.93. The van der Waals surface area contributed by atoms with E-state index in [9.17, 15) is 9.59 Å². The molecule has 1 spiro atoms. The van der Waals surface area contributed by atoms with E-state index in [1.165, 1.54) is 18.2 Å². The maximum absolute atomic E-state index is 12.1. The van der Waals surface area contributed by atoms with E-state index in [1.807, 2.05) is 6.07 Å². The predicted molar refractivity (Wildman–Crippen MR) is 89.7 cm³/mol. The number of benzene rings is 1. The van der Waals surface area contributed by atoms with Crippen LogP contribution in [-0.4, -0.2) is 27.1 Å². The van der Waals surface area contributed by atoms with Crippen LogP contribution in [0.25, 0.3) is 0 Å². The van der Waals surface area contributed by atoms with E-state index in [0.717, 1.165) is 29.8 Å². The van der Waals surface area contributed by atoms with Gasteiger partial charge < -0.3 is 4.74 Å². The lowest BCUT2D eigenvalue weighted by molar-refractivity contribution is -0.0300. The van der Waals surface area contributed by atoms with Gasteiger partial charge in [0.2, 0.25) is 0 Å². The molecule has 24 heavy (non-hydrogen) atoms. The molecule has 1 aromatic carbocycles. The Bertz CT molecular complexity index is 914. The first-order valence-corrected chi connectivity index (χ1v) is 8.21. The number of hydrogen-bond donors (Lipinski definition) is 0. The van der Waals surface area contributed by atoms with Gasteiger partial charge in [0.25, 0.3) is 5.56 Å². The maximum Gasteiger partial charge on any atom is 0.330 e. The third kappa shape index (κ3) is 2.25. The molecule has 1 saturated heterocycles. The Balaban J connectivity index is 1.60. The molecule has 126 valence electrons. The van der Waals surface area contributed by atoms with Crippen molar-refractivity contribution in [1.82, 2.24) is 14.0 Å². The Morgan fingerprint density at radius 1 is 1.17 bits per heavy atom. The second-order valence-corrected chi connectivity index (χ2v) is 6.78. The molecule has 1 fully saturated rings. The molecule has 1 atom stereocenters. The fourth-order valence-electron chi connectivity index (χ4n) is 3.87. The molecule has 4 rings (SSSR count). The zero-order chi connectivity index (χ0) is 16.9. The Kier molecular flexibility index (Phi) is 3.47. The van der Waals surface area contributed by atoms with Gasteiger partial charge in [-0.25, -0.2) is 4.79 Å². The van der Waals surface area contributed by atoms with E-state index >= 15 is 0 Å². The van der Waals surface area contributed by atoms with Crippen LogP contribution >= 0.6 is 0 Å². The quantitative estimate of drug-likeness (QED) is 0.815. The summed E-state index contributed by atoms with van der Waals surface area (Å²) in [7, 11) is 3.22. The summed E-state index contributed by atoms with van der Waals surface area (Å²) < 4.78 is 8.84. The van der Waals surface area contributed by atoms with Gasteiger partial charge in [-0.3, -0.25) is 18.8 Å². The highest BCUT2D eigenvalue weighted by Crippen LogP contribution is 2.43. The molecule has 0 N–H and O–H groups in total. The molecule has 1 aromatic heterocycles. The first-order valence-electron chi connectivity index (χ1n) is 8.21. The van der Waals surface area contributed by atoms with Gasteiger partial charge in [-0.2, -0.15) is 0 Å². The topological polar surface area (TPSA) is 56.5 Å². The minimum absolute atomic E-state index is 0.241. The van der Waals surface area contributed by atoms with Gasteiger partial charge in [0, 0.05) is 45.5 Å². The Morgan fingerprint density at radius 3 is 2.79 bits per heavy atom. The van der Waals surface area contributed by atoms with Gasteiger partial charge in [-0.1, -0.05) is 24.3 Å². The van der Waals surface area contributed by atoms with Crippen LogP contribution in [0.5, 0.6) is 0 Å². The Hall–Kier alpha value is -2.18. The number of fused-ring (bicyclic) bond motifs is 2. The largest absolute Gasteiger partial charge is 0.364 e. The molecule has 0 amide bonds. The summed E-state index contributed by atoms with van der Waals surface area (Å²) in [5.74, 6) is 0. The van der Waals surface area contributed by atoms with Crippen molar-refractivity contribution in [2.45, 2.75) is 25.2 Å². The lowest BCUT2D eigenvalue weighted by Crippen LogP contribution is -2.39. The summed E-state index contributed by atoms with van der Waals surface area (Å²) in [4.78, 5) is 26.2. The zero-order valence-corrected chi connectivity index (χ0v) is 14.0. The molecular formula is C18H21N3O3. The van der Waals surface area contributed by atoms with Gasteiger partial charge in [-0.05, 0) is 17.5 Å². The molecule has 0 aliphatic carbocycles. The normalized spacial score (nSPS) is 23.1. The number of aromatic nitrogens is 2. The molecule has 0 saturated carbocycles. The van der Waals surface area contributed by atoms with E-state index in [4.69, 9.17) is 4.74 Å². The van der Waals surface area contributed by atoms with E-state index < -0.39 is 0 Å². The van der Waals surface area contributed by atoms with Gasteiger partial charge in [0.1, 0.15) is 5.60 Å². The summed E-state index contributed by atoms with van der Waals surface area (Å²) in [6.07, 6.45) is 0.933. The summed E-state index contributed by atoms with van der Waals surface area (Å²) >= 11 is 0. The molecule has 3 heterocycles. The minimum Gasteiger partial charge on any atom is -0.364 e. The highest BCUT2D eigenvalue weighted by molar-refractivity contribution is 5.36. The molecule has 0 radical (unpaired) electrons. The zero-order valence-electron chi connectivity index (χ0n) is 14.0. The van der Waals surface area contributed by atoms with Crippen molar-refractivity contribution < 1.29 is 4.74 Å². The van der Waals surface area contributed by atoms with E-state index in [2.05, 4.69) is 23.1 Å². The molecule has 2 aromatic rings. The van der Waals surface area contributed by atoms with E-state index in [-0.39, 0.29) is 16.9 Å². The number of rotatable bonds is 2. The average molecular weight is 327 g/mol. The highest BCUT2D eigenvalue weighted by Gasteiger charge is 2.45. The van der Waals surface area contributed by atoms with E-state index in [1.54, 1.807) is 17.7 Å². The maximum atomic E-state index is 12.1. The molecule has 2 aliphatic heterocycles. The Labute approximate surface area is 139 Å².